The van der Waals surface area contributed by atoms with Crippen LogP contribution >= 0.6 is 0 Å². The highest BCUT2D eigenvalue weighted by Gasteiger charge is 2.52. The van der Waals surface area contributed by atoms with E-state index in [2.05, 4.69) is 0 Å². The van der Waals surface area contributed by atoms with Gasteiger partial charge in [-0.25, -0.2) is 0 Å². The lowest BCUT2D eigenvalue weighted by atomic mass is 9.68. The second kappa shape index (κ2) is 7.80. The van der Waals surface area contributed by atoms with Crippen molar-refractivity contribution in [1.82, 2.24) is 0 Å². The number of carbonyl (C=O) groups is 1. The molecule has 4 nitrogen and oxygen atoms in total. The number of benzene rings is 1. The van der Waals surface area contributed by atoms with Gasteiger partial charge in [-0.1, -0.05) is 48.6 Å². The molecule has 0 saturated carbocycles. The summed E-state index contributed by atoms with van der Waals surface area (Å²) >= 11 is 0. The largest absolute Gasteiger partial charge is 0.508 e. The summed E-state index contributed by atoms with van der Waals surface area (Å²) in [5, 5.41) is 9.98. The Kier molecular flexibility index (Phi) is 5.47. The van der Waals surface area contributed by atoms with E-state index in [0.717, 1.165) is 17.4 Å². The van der Waals surface area contributed by atoms with Crippen LogP contribution in [0.2, 0.25) is 0 Å². The molecule has 1 aliphatic heterocycles. The average Bonchev–Trinajstić information content (AvgIpc) is 2.69. The molecule has 2 aliphatic rings. The predicted molar refractivity (Wildman–Crippen MR) is 106 cm³/mol. The van der Waals surface area contributed by atoms with Gasteiger partial charge in [-0.3, -0.25) is 4.79 Å². The van der Waals surface area contributed by atoms with Gasteiger partial charge in [-0.15, -0.1) is 0 Å². The summed E-state index contributed by atoms with van der Waals surface area (Å²) in [6, 6.07) is 7.67. The molecule has 3 atom stereocenters. The van der Waals surface area contributed by atoms with Crippen LogP contribution in [0.1, 0.15) is 19.4 Å². The molecule has 0 saturated heterocycles. The van der Waals surface area contributed by atoms with Gasteiger partial charge in [0.25, 0.3) is 0 Å². The number of carbonyl (C=O) groups excluding carboxylic acids is 1. The molecule has 1 aromatic carbocycles. The third kappa shape index (κ3) is 3.06. The van der Waals surface area contributed by atoms with Gasteiger partial charge >= 0.3 is 0 Å². The van der Waals surface area contributed by atoms with Crippen LogP contribution in [0.15, 0.2) is 83.7 Å². The summed E-state index contributed by atoms with van der Waals surface area (Å²) in [5.41, 5.74) is 1.21. The normalized spacial score (nSPS) is 27.6. The average molecular weight is 364 g/mol. The Morgan fingerprint density at radius 3 is 2.63 bits per heavy atom. The van der Waals surface area contributed by atoms with E-state index in [1.54, 1.807) is 25.3 Å². The lowest BCUT2D eigenvalue weighted by Crippen LogP contribution is -2.50. The third-order valence-electron chi connectivity index (χ3n) is 5.02. The zero-order chi connectivity index (χ0) is 19.4. The maximum atomic E-state index is 11.9. The van der Waals surface area contributed by atoms with E-state index in [1.807, 2.05) is 62.4 Å². The Balaban J connectivity index is 2.39. The van der Waals surface area contributed by atoms with Gasteiger partial charge in [0.05, 0.1) is 5.92 Å². The highest BCUT2D eigenvalue weighted by atomic mass is 16.5. The molecular weight excluding hydrogens is 340 g/mol. The predicted octanol–water partition coefficient (Wildman–Crippen LogP) is 4.56. The minimum Gasteiger partial charge on any atom is -0.508 e. The summed E-state index contributed by atoms with van der Waals surface area (Å²) in [6.07, 6.45) is 13.1. The molecule has 1 aromatic rings. The number of ether oxygens (including phenoxy) is 2. The molecule has 1 heterocycles. The molecule has 3 rings (SSSR count). The highest BCUT2D eigenvalue weighted by molar-refractivity contribution is 5.81. The Bertz CT molecular complexity index is 872. The number of aliphatic hydroxyl groups excluding tert-OH is 1. The summed E-state index contributed by atoms with van der Waals surface area (Å²) in [7, 11) is 1.65. The smallest absolute Gasteiger partial charge is 0.150 e. The van der Waals surface area contributed by atoms with Crippen LogP contribution in [0.25, 0.3) is 0 Å². The molecule has 27 heavy (non-hydrogen) atoms. The molecule has 4 heteroatoms. The van der Waals surface area contributed by atoms with Crippen molar-refractivity contribution in [3.8, 4) is 5.75 Å². The zero-order valence-electron chi connectivity index (χ0n) is 15.8. The highest BCUT2D eigenvalue weighted by Crippen LogP contribution is 2.52. The molecule has 0 aromatic heterocycles. The number of methoxy groups -OCH3 is 1. The Morgan fingerprint density at radius 2 is 1.96 bits per heavy atom. The van der Waals surface area contributed by atoms with Crippen molar-refractivity contribution in [2.75, 3.05) is 7.11 Å². The van der Waals surface area contributed by atoms with Crippen LogP contribution in [-0.2, 0) is 15.1 Å². The number of allylic oxidation sites excluding steroid dienone is 5. The molecular formula is C23H24O4. The number of hydrogen-bond donors (Lipinski definition) is 1. The summed E-state index contributed by atoms with van der Waals surface area (Å²) in [4.78, 5) is 11.9. The summed E-state index contributed by atoms with van der Waals surface area (Å²) < 4.78 is 12.4. The number of hydrogen-bond acceptors (Lipinski definition) is 4. The molecule has 3 unspecified atom stereocenters. The second-order valence-corrected chi connectivity index (χ2v) is 6.48. The number of rotatable bonds is 5. The molecule has 1 N–H and O–H groups in total. The van der Waals surface area contributed by atoms with Gasteiger partial charge in [0, 0.05) is 18.2 Å². The van der Waals surface area contributed by atoms with Crippen LogP contribution in [0.3, 0.4) is 0 Å². The first-order valence-electron chi connectivity index (χ1n) is 8.98. The van der Waals surface area contributed by atoms with E-state index in [-0.39, 0.29) is 11.7 Å². The number of aliphatic hydroxyl groups is 1. The van der Waals surface area contributed by atoms with Crippen LogP contribution in [0.4, 0.5) is 0 Å². The first kappa shape index (κ1) is 18.9. The molecule has 1 aliphatic carbocycles. The van der Waals surface area contributed by atoms with E-state index in [0.29, 0.717) is 11.3 Å². The minimum atomic E-state index is -0.935. The Labute approximate surface area is 159 Å². The fourth-order valence-corrected chi connectivity index (χ4v) is 3.97. The van der Waals surface area contributed by atoms with Crippen molar-refractivity contribution >= 4 is 6.29 Å². The van der Waals surface area contributed by atoms with Crippen molar-refractivity contribution in [3.05, 3.63) is 89.3 Å². The molecule has 0 amide bonds. The van der Waals surface area contributed by atoms with Crippen LogP contribution in [0, 0.1) is 5.92 Å². The van der Waals surface area contributed by atoms with Crippen molar-refractivity contribution in [2.45, 2.75) is 25.6 Å². The maximum absolute atomic E-state index is 11.9. The van der Waals surface area contributed by atoms with Gasteiger partial charge < -0.3 is 14.6 Å². The van der Waals surface area contributed by atoms with E-state index < -0.39 is 11.7 Å². The standard InChI is InChI=1S/C23H24O4/c1-4-8-16(15-24)18(9-5-2)23(26-3)19-10-6-7-11-21(19)27-22-14-17(25)12-13-20(22)23/h4-15,20,22,25H,1-3H3/b8-4-,9-5+,18-16-. The SMILES string of the molecule is C\C=C/C(C=O)=C(\C=C\C)C1(OC)c2ccccc2OC2C=C(O)C=CC21. The minimum absolute atomic E-state index is 0.154. The third-order valence-corrected chi connectivity index (χ3v) is 5.02. The second-order valence-electron chi connectivity index (χ2n) is 6.48. The van der Waals surface area contributed by atoms with Gasteiger partial charge in [-0.05, 0) is 37.6 Å². The van der Waals surface area contributed by atoms with E-state index in [9.17, 15) is 9.90 Å². The van der Waals surface area contributed by atoms with Gasteiger partial charge in [0.2, 0.25) is 0 Å². The number of para-hydroxylation sites is 1. The number of aldehydes is 1. The topological polar surface area (TPSA) is 55.8 Å². The molecule has 0 spiro atoms. The molecule has 0 bridgehead atoms. The first-order chi connectivity index (χ1) is 13.1. The van der Waals surface area contributed by atoms with Gasteiger partial charge in [0.15, 0.2) is 0 Å². The van der Waals surface area contributed by atoms with Gasteiger partial charge in [0.1, 0.15) is 29.5 Å². The summed E-state index contributed by atoms with van der Waals surface area (Å²) in [6.45, 7) is 3.78. The summed E-state index contributed by atoms with van der Waals surface area (Å²) in [5.74, 6) is 0.577. The molecule has 0 fully saturated rings. The van der Waals surface area contributed by atoms with E-state index in [1.165, 1.54) is 0 Å². The van der Waals surface area contributed by atoms with E-state index in [4.69, 9.17) is 9.47 Å². The van der Waals surface area contributed by atoms with Crippen LogP contribution in [-0.4, -0.2) is 24.6 Å². The lowest BCUT2D eigenvalue weighted by Gasteiger charge is -2.48. The zero-order valence-corrected chi connectivity index (χ0v) is 15.8. The Hall–Kier alpha value is -2.85. The lowest BCUT2D eigenvalue weighted by molar-refractivity contribution is -0.105. The van der Waals surface area contributed by atoms with Crippen molar-refractivity contribution in [3.63, 3.8) is 0 Å². The fraction of sp³-hybridized carbons (Fsp3) is 0.261. The molecule has 140 valence electrons. The van der Waals surface area contributed by atoms with Gasteiger partial charge in [-0.2, -0.15) is 0 Å². The molecule has 0 radical (unpaired) electrons. The Morgan fingerprint density at radius 1 is 1.22 bits per heavy atom. The first-order valence-corrected chi connectivity index (χ1v) is 8.98. The van der Waals surface area contributed by atoms with Crippen molar-refractivity contribution in [2.24, 2.45) is 5.92 Å². The maximum Gasteiger partial charge on any atom is 0.150 e. The van der Waals surface area contributed by atoms with Crippen molar-refractivity contribution in [1.29, 1.82) is 0 Å². The van der Waals surface area contributed by atoms with Crippen LogP contribution in [0.5, 0.6) is 5.75 Å². The quantitative estimate of drug-likeness (QED) is 0.473. The van der Waals surface area contributed by atoms with Crippen LogP contribution < -0.4 is 4.74 Å². The van der Waals surface area contributed by atoms with E-state index >= 15 is 0 Å². The van der Waals surface area contributed by atoms with Crippen molar-refractivity contribution < 1.29 is 19.4 Å². The fourth-order valence-electron chi connectivity index (χ4n) is 3.97. The number of fused-ring (bicyclic) bond motifs is 2. The monoisotopic (exact) mass is 364 g/mol.